The Morgan fingerprint density at radius 2 is 0.935 bits per heavy atom. The molecule has 11 nitrogen and oxygen atoms in total. The average Bonchev–Trinajstić information content (AvgIpc) is 2.29. The first kappa shape index (κ1) is 38.6. The van der Waals surface area contributed by atoms with Crippen LogP contribution in [0.25, 0.3) is 0 Å². The summed E-state index contributed by atoms with van der Waals surface area (Å²) in [4.78, 5) is 24.3. The van der Waals surface area contributed by atoms with Gasteiger partial charge in [-0.25, -0.2) is 0 Å². The molecule has 3 N–H and O–H groups in total. The average molecular weight is 549 g/mol. The first-order chi connectivity index (χ1) is 13.3. The number of carboxylic acid groups (broad SMARTS) is 1. The van der Waals surface area contributed by atoms with E-state index in [9.17, 15) is 13.7 Å². The third-order valence-electron chi connectivity index (χ3n) is 1.61. The molecule has 0 amide bonds. The van der Waals surface area contributed by atoms with Gasteiger partial charge in [0.1, 0.15) is 0 Å². The highest BCUT2D eigenvalue weighted by Gasteiger charge is 2.32. The molecule has 0 aromatic heterocycles. The lowest BCUT2D eigenvalue weighted by Crippen LogP contribution is -2.29. The van der Waals surface area contributed by atoms with E-state index in [0.717, 1.165) is 13.6 Å². The van der Waals surface area contributed by atoms with E-state index in [0.29, 0.717) is 13.2 Å². The van der Waals surface area contributed by atoms with Gasteiger partial charge in [0.25, 0.3) is 5.97 Å². The quantitative estimate of drug-likeness (QED) is 0.267. The lowest BCUT2D eigenvalue weighted by atomic mass is 10.9. The minimum atomic E-state index is -3.64. The van der Waals surface area contributed by atoms with Crippen LogP contribution in [0.1, 0.15) is 20.8 Å². The van der Waals surface area contributed by atoms with Gasteiger partial charge in [0.15, 0.2) is 16.6 Å². The van der Waals surface area contributed by atoms with Gasteiger partial charge in [0.2, 0.25) is 0 Å². The van der Waals surface area contributed by atoms with E-state index in [-0.39, 0.29) is 0 Å². The van der Waals surface area contributed by atoms with Gasteiger partial charge in [-0.05, 0) is 53.1 Å². The van der Waals surface area contributed by atoms with Crippen LogP contribution in [-0.4, -0.2) is 70.7 Å². The van der Waals surface area contributed by atoms with Crippen LogP contribution in [0.3, 0.4) is 0 Å². The zero-order valence-corrected chi connectivity index (χ0v) is 25.5. The predicted molar refractivity (Wildman–Crippen MR) is 130 cm³/mol. The molecule has 0 aromatic carbocycles. The van der Waals surface area contributed by atoms with E-state index in [4.69, 9.17) is 37.2 Å². The maximum absolute atomic E-state index is 11.9. The van der Waals surface area contributed by atoms with Crippen molar-refractivity contribution in [3.05, 3.63) is 0 Å². The summed E-state index contributed by atoms with van der Waals surface area (Å²) in [7, 11) is -12.7. The van der Waals surface area contributed by atoms with Crippen molar-refractivity contribution in [2.24, 2.45) is 0 Å². The van der Waals surface area contributed by atoms with Crippen LogP contribution < -0.4 is 0 Å². The van der Waals surface area contributed by atoms with Crippen LogP contribution >= 0.6 is 22.8 Å². The molecular formula is C15H43O11P3Si2. The zero-order valence-electron chi connectivity index (χ0n) is 20.9. The summed E-state index contributed by atoms with van der Waals surface area (Å²) >= 11 is 0. The molecule has 0 rings (SSSR count). The topological polar surface area (TPSA) is 166 Å². The van der Waals surface area contributed by atoms with Gasteiger partial charge in [0, 0.05) is 26.9 Å². The van der Waals surface area contributed by atoms with Gasteiger partial charge in [-0.3, -0.25) is 18.5 Å². The van der Waals surface area contributed by atoms with Crippen LogP contribution in [0.4, 0.5) is 0 Å². The summed E-state index contributed by atoms with van der Waals surface area (Å²) in [5.74, 6) is -0.833. The smallest absolute Gasteiger partial charge is 0.327 e. The van der Waals surface area contributed by atoms with Gasteiger partial charge in [-0.15, -0.1) is 0 Å². The van der Waals surface area contributed by atoms with Crippen molar-refractivity contribution in [3.63, 3.8) is 0 Å². The zero-order chi connectivity index (χ0) is 26.3. The monoisotopic (exact) mass is 548 g/mol. The van der Waals surface area contributed by atoms with E-state index in [2.05, 4.69) is 0 Å². The van der Waals surface area contributed by atoms with Crippen molar-refractivity contribution in [3.8, 4) is 0 Å². The molecule has 0 aliphatic heterocycles. The molecule has 0 atom stereocenters. The number of rotatable bonds is 8. The molecule has 0 radical (unpaired) electrons. The lowest BCUT2D eigenvalue weighted by Gasteiger charge is -2.28. The van der Waals surface area contributed by atoms with E-state index in [1.807, 2.05) is 39.3 Å². The second-order valence-electron chi connectivity index (χ2n) is 8.14. The van der Waals surface area contributed by atoms with Crippen LogP contribution in [0.2, 0.25) is 39.3 Å². The Labute approximate surface area is 189 Å². The Kier molecular flexibility index (Phi) is 21.0. The number of carboxylic acids is 1. The van der Waals surface area contributed by atoms with Crippen molar-refractivity contribution in [2.75, 3.05) is 33.2 Å². The highest BCUT2D eigenvalue weighted by molar-refractivity contribution is 7.56. The molecular weight excluding hydrogens is 505 g/mol. The fraction of sp³-hybridized carbons (Fsp3) is 0.933. The second-order valence-corrected chi connectivity index (χ2v) is 23.3. The molecule has 0 saturated heterocycles. The van der Waals surface area contributed by atoms with Crippen molar-refractivity contribution in [2.45, 2.75) is 60.1 Å². The third kappa shape index (κ3) is 58.9. The molecule has 0 bridgehead atoms. The number of hydrogen-bond acceptors (Lipinski definition) is 8. The lowest BCUT2D eigenvalue weighted by molar-refractivity contribution is -0.134. The largest absolute Gasteiger partial charge is 0.481 e. The molecule has 0 fully saturated rings. The Balaban J connectivity index is -0.000000175. The molecule has 0 heterocycles. The fourth-order valence-electron chi connectivity index (χ4n) is 1.52. The highest BCUT2D eigenvalue weighted by atomic mass is 31.2. The molecule has 16 heteroatoms. The summed E-state index contributed by atoms with van der Waals surface area (Å²) in [6.07, 6.45) is 0. The van der Waals surface area contributed by atoms with Crippen LogP contribution in [0.15, 0.2) is 0 Å². The number of carbonyl (C=O) groups is 1. The van der Waals surface area contributed by atoms with E-state index in [1.165, 1.54) is 6.66 Å². The van der Waals surface area contributed by atoms with E-state index in [1.54, 1.807) is 20.5 Å². The summed E-state index contributed by atoms with van der Waals surface area (Å²) in [5, 5.41) is 7.42. The first-order valence-electron chi connectivity index (χ1n) is 9.35. The van der Waals surface area contributed by atoms with E-state index >= 15 is 0 Å². The molecule has 0 aliphatic rings. The second kappa shape index (κ2) is 16.9. The summed E-state index contributed by atoms with van der Waals surface area (Å²) in [5.41, 5.74) is 0. The third-order valence-corrected chi connectivity index (χ3v) is 10.1. The van der Waals surface area contributed by atoms with Crippen molar-refractivity contribution >= 4 is 45.4 Å². The van der Waals surface area contributed by atoms with Crippen LogP contribution in [0, 0.1) is 0 Å². The number of aliphatic carboxylic acids is 1. The maximum Gasteiger partial charge on any atom is 0.327 e. The Hall–Kier alpha value is 0.354. The molecule has 31 heavy (non-hydrogen) atoms. The van der Waals surface area contributed by atoms with Crippen molar-refractivity contribution in [1.82, 2.24) is 0 Å². The first-order valence-corrected chi connectivity index (χ1v) is 22.2. The maximum atomic E-state index is 11.9. The van der Waals surface area contributed by atoms with Crippen LogP contribution in [-0.2, 0) is 36.0 Å². The summed E-state index contributed by atoms with van der Waals surface area (Å²) in [6.45, 7) is 21.5. The minimum absolute atomic E-state index is 0.438. The van der Waals surface area contributed by atoms with Crippen molar-refractivity contribution in [1.29, 1.82) is 0 Å². The Morgan fingerprint density at radius 1 is 0.742 bits per heavy atom. The van der Waals surface area contributed by atoms with Gasteiger partial charge < -0.3 is 32.4 Å². The SMILES string of the molecule is CC(=O)O.CCOP(C)(=O)OCC.CP(=O)(O)O.C[Si](C)(C)OP(C)(=O)O[Si](C)(C)C. The Bertz CT molecular complexity index is 582. The van der Waals surface area contributed by atoms with Crippen molar-refractivity contribution < 1.29 is 50.9 Å². The number of hydrogen-bond donors (Lipinski definition) is 3. The molecule has 0 spiro atoms. The highest BCUT2D eigenvalue weighted by Crippen LogP contribution is 2.49. The van der Waals surface area contributed by atoms with Gasteiger partial charge >= 0.3 is 22.8 Å². The van der Waals surface area contributed by atoms with Gasteiger partial charge in [-0.1, -0.05) is 0 Å². The normalized spacial score (nSPS) is 12.3. The molecule has 0 saturated carbocycles. The fourth-order valence-corrected chi connectivity index (χ4v) is 11.0. The Morgan fingerprint density at radius 3 is 1.06 bits per heavy atom. The summed E-state index contributed by atoms with van der Waals surface area (Å²) < 4.78 is 52.8. The molecule has 0 aliphatic carbocycles. The minimum Gasteiger partial charge on any atom is -0.481 e. The van der Waals surface area contributed by atoms with E-state index < -0.39 is 45.4 Å². The molecule has 192 valence electrons. The predicted octanol–water partition coefficient (Wildman–Crippen LogP) is 5.28. The van der Waals surface area contributed by atoms with Crippen LogP contribution in [0.5, 0.6) is 0 Å². The van der Waals surface area contributed by atoms with Gasteiger partial charge in [0.05, 0.1) is 13.2 Å². The molecule has 0 unspecified atom stereocenters. The van der Waals surface area contributed by atoms with Gasteiger partial charge in [-0.2, -0.15) is 0 Å². The standard InChI is InChI=1S/C7H21O3PSi2.C5H13O3P.C2H4O2.CH5O3P/c1-11(8,9-12(2,3)4)10-13(5,6)7;1-4-7-9(3,6)8-5-2;1-2(3)4;1-5(2,3)4/h1-7H3;4-5H2,1-3H3;1H3,(H,3,4);1H3,(H2,2,3,4). The summed E-state index contributed by atoms with van der Waals surface area (Å²) in [6, 6.07) is 0. The molecule has 0 aromatic rings.